The molecule has 0 aromatic heterocycles. The number of Topliss-reactive ketones (excluding diaryl/α,β-unsaturated/α-hetero) is 4. The van der Waals surface area contributed by atoms with Gasteiger partial charge < -0.3 is 20.4 Å². The van der Waals surface area contributed by atoms with E-state index in [4.69, 9.17) is 20.4 Å². The molecule has 0 rings (SSSR count). The van der Waals surface area contributed by atoms with Gasteiger partial charge in [0.15, 0.2) is 0 Å². The number of carboxylic acids is 4. The van der Waals surface area contributed by atoms with Gasteiger partial charge in [-0.15, -0.1) is 0 Å². The number of carboxylic acid groups (broad SMARTS) is 4. The highest BCUT2D eigenvalue weighted by Gasteiger charge is 2.25. The lowest BCUT2D eigenvalue weighted by Crippen LogP contribution is -2.22. The molecule has 0 aliphatic heterocycles. The molecule has 4 N–H and O–H groups in total. The van der Waals surface area contributed by atoms with E-state index in [-0.39, 0.29) is 83.3 Å². The van der Waals surface area contributed by atoms with Gasteiger partial charge in [0.1, 0.15) is 23.1 Å². The highest BCUT2D eigenvalue weighted by Crippen LogP contribution is 2.23. The van der Waals surface area contributed by atoms with Gasteiger partial charge >= 0.3 is 23.9 Å². The Labute approximate surface area is 363 Å². The van der Waals surface area contributed by atoms with Crippen molar-refractivity contribution in [1.82, 2.24) is 0 Å². The number of carbonyl (C=O) groups excluding carboxylic acids is 4. The summed E-state index contributed by atoms with van der Waals surface area (Å²) in [5.74, 6) is -1.76. The Hall–Kier alpha value is -3.44. The van der Waals surface area contributed by atoms with E-state index < -0.39 is 23.9 Å². The molecule has 4 unspecified atom stereocenters. The van der Waals surface area contributed by atoms with Crippen LogP contribution in [0, 0.1) is 71.0 Å². The SMILES string of the molecule is CC(C)CC(CCC(=O)C(C)C)C(=O)O.CC(C)CC(CCC(=O)C(C)C)C(=O)O.CC(C)CC(CCC(=O)O)C(=O)C(C)C.CC(C)CC(CCC(=O)O)C(=O)C(C)C. The zero-order valence-electron chi connectivity index (χ0n) is 40.5. The van der Waals surface area contributed by atoms with Crippen molar-refractivity contribution in [2.75, 3.05) is 0 Å². The largest absolute Gasteiger partial charge is 0.481 e. The summed E-state index contributed by atoms with van der Waals surface area (Å²) >= 11 is 0. The van der Waals surface area contributed by atoms with E-state index in [0.29, 0.717) is 75.0 Å². The highest BCUT2D eigenvalue weighted by atomic mass is 16.4. The second-order valence-electron chi connectivity index (χ2n) is 19.3. The van der Waals surface area contributed by atoms with Crippen molar-refractivity contribution in [1.29, 1.82) is 0 Å². The van der Waals surface area contributed by atoms with E-state index in [1.54, 1.807) is 0 Å². The van der Waals surface area contributed by atoms with Gasteiger partial charge in [0, 0.05) is 61.2 Å². The Morgan fingerprint density at radius 1 is 0.317 bits per heavy atom. The molecule has 4 atom stereocenters. The standard InChI is InChI=1S/4C12H22O3/c2*1-8(2)7-10(5-6-11(13)14)12(15)9(3)4;2*1-8(2)7-10(12(14)15)5-6-11(13)9(3)4/h2*8-10H,5-7H2,1-4H3,(H,13,14);2*8-10H,5-7H2,1-4H3,(H,14,15). The molecule has 0 fully saturated rings. The zero-order chi connectivity index (χ0) is 48.0. The van der Waals surface area contributed by atoms with Gasteiger partial charge in [-0.1, -0.05) is 111 Å². The lowest BCUT2D eigenvalue weighted by molar-refractivity contribution is -0.143. The summed E-state index contributed by atoms with van der Waals surface area (Å²) < 4.78 is 0. The maximum atomic E-state index is 11.8. The van der Waals surface area contributed by atoms with Crippen LogP contribution in [0.2, 0.25) is 0 Å². The van der Waals surface area contributed by atoms with Crippen LogP contribution in [0.25, 0.3) is 0 Å². The van der Waals surface area contributed by atoms with Gasteiger partial charge in [-0.25, -0.2) is 0 Å². The smallest absolute Gasteiger partial charge is 0.306 e. The van der Waals surface area contributed by atoms with Gasteiger partial charge in [0.25, 0.3) is 0 Å². The quantitative estimate of drug-likeness (QED) is 0.0578. The molecule has 0 aliphatic rings. The van der Waals surface area contributed by atoms with Gasteiger partial charge in [-0.05, 0) is 75.0 Å². The van der Waals surface area contributed by atoms with Crippen molar-refractivity contribution < 1.29 is 58.8 Å². The second kappa shape index (κ2) is 35.2. The molecule has 0 bridgehead atoms. The molecule has 12 nitrogen and oxygen atoms in total. The van der Waals surface area contributed by atoms with E-state index in [1.807, 2.05) is 83.1 Å². The van der Waals surface area contributed by atoms with Gasteiger partial charge in [0.05, 0.1) is 11.8 Å². The number of carbonyl (C=O) groups is 8. The van der Waals surface area contributed by atoms with Crippen LogP contribution in [-0.4, -0.2) is 67.4 Å². The Morgan fingerprint density at radius 3 is 0.700 bits per heavy atom. The fourth-order valence-electron chi connectivity index (χ4n) is 6.46. The van der Waals surface area contributed by atoms with Crippen molar-refractivity contribution >= 4 is 47.0 Å². The van der Waals surface area contributed by atoms with Crippen LogP contribution in [-0.2, 0) is 38.4 Å². The number of rotatable bonds is 28. The summed E-state index contributed by atoms with van der Waals surface area (Å²) in [6.07, 6.45) is 5.77. The molecule has 12 heteroatoms. The zero-order valence-corrected chi connectivity index (χ0v) is 40.5. The molecule has 0 aliphatic carbocycles. The molecule has 0 aromatic rings. The predicted octanol–water partition coefficient (Wildman–Crippen LogP) is 11.0. The predicted molar refractivity (Wildman–Crippen MR) is 239 cm³/mol. The minimum Gasteiger partial charge on any atom is -0.481 e. The summed E-state index contributed by atoms with van der Waals surface area (Å²) in [6.45, 7) is 31.1. The fourth-order valence-corrected chi connectivity index (χ4v) is 6.46. The third-order valence-corrected chi connectivity index (χ3v) is 9.84. The lowest BCUT2D eigenvalue weighted by atomic mass is 9.85. The summed E-state index contributed by atoms with van der Waals surface area (Å²) in [6, 6.07) is 0. The third kappa shape index (κ3) is 37.6. The molecule has 0 spiro atoms. The first-order valence-corrected chi connectivity index (χ1v) is 22.4. The molecule has 0 aromatic carbocycles. The second-order valence-corrected chi connectivity index (χ2v) is 19.3. The molecule has 60 heavy (non-hydrogen) atoms. The van der Waals surface area contributed by atoms with Crippen LogP contribution in [0.4, 0.5) is 0 Å². The molecule has 0 saturated carbocycles. The van der Waals surface area contributed by atoms with Crippen molar-refractivity contribution in [3.8, 4) is 0 Å². The fraction of sp³-hybridized carbons (Fsp3) is 0.833. The Bertz CT molecular complexity index is 1160. The number of aliphatic carboxylic acids is 4. The van der Waals surface area contributed by atoms with Crippen LogP contribution in [0.5, 0.6) is 0 Å². The van der Waals surface area contributed by atoms with Crippen LogP contribution in [0.1, 0.15) is 188 Å². The molecular weight excluding hydrogens is 769 g/mol. The summed E-state index contributed by atoms with van der Waals surface area (Å²) in [5.41, 5.74) is 0. The molecule has 0 radical (unpaired) electrons. The average molecular weight is 857 g/mol. The number of hydrogen-bond acceptors (Lipinski definition) is 8. The Kier molecular flexibility index (Phi) is 37.1. The van der Waals surface area contributed by atoms with Gasteiger partial charge in [-0.3, -0.25) is 38.4 Å². The number of ketones is 4. The lowest BCUT2D eigenvalue weighted by Gasteiger charge is -2.18. The van der Waals surface area contributed by atoms with E-state index in [0.717, 1.165) is 12.8 Å². The summed E-state index contributed by atoms with van der Waals surface area (Å²) in [4.78, 5) is 89.1. The molecule has 0 heterocycles. The van der Waals surface area contributed by atoms with Crippen LogP contribution in [0.3, 0.4) is 0 Å². The first kappa shape index (κ1) is 63.2. The van der Waals surface area contributed by atoms with E-state index in [9.17, 15) is 38.4 Å². The third-order valence-electron chi connectivity index (χ3n) is 9.84. The Morgan fingerprint density at radius 2 is 0.533 bits per heavy atom. The van der Waals surface area contributed by atoms with Crippen LogP contribution in [0.15, 0.2) is 0 Å². The minimum atomic E-state index is -0.819. The van der Waals surface area contributed by atoms with Gasteiger partial charge in [-0.2, -0.15) is 0 Å². The van der Waals surface area contributed by atoms with E-state index in [2.05, 4.69) is 27.7 Å². The van der Waals surface area contributed by atoms with Crippen molar-refractivity contribution in [3.05, 3.63) is 0 Å². The van der Waals surface area contributed by atoms with Crippen LogP contribution >= 0.6 is 0 Å². The maximum Gasteiger partial charge on any atom is 0.306 e. The average Bonchev–Trinajstić information content (AvgIpc) is 3.10. The summed E-state index contributed by atoms with van der Waals surface area (Å²) in [5, 5.41) is 35.1. The van der Waals surface area contributed by atoms with Gasteiger partial charge in [0.2, 0.25) is 0 Å². The number of hydrogen-bond donors (Lipinski definition) is 4. The van der Waals surface area contributed by atoms with E-state index >= 15 is 0 Å². The van der Waals surface area contributed by atoms with Crippen LogP contribution < -0.4 is 0 Å². The van der Waals surface area contributed by atoms with E-state index in [1.165, 1.54) is 0 Å². The molecule has 0 saturated heterocycles. The topological polar surface area (TPSA) is 217 Å². The molecule has 0 amide bonds. The first-order chi connectivity index (χ1) is 27.4. The molecule has 352 valence electrons. The highest BCUT2D eigenvalue weighted by molar-refractivity contribution is 5.84. The molecular formula is C48H88O12. The van der Waals surface area contributed by atoms with Crippen molar-refractivity contribution in [3.63, 3.8) is 0 Å². The van der Waals surface area contributed by atoms with Crippen molar-refractivity contribution in [2.24, 2.45) is 71.0 Å². The normalized spacial score (nSPS) is 13.2. The maximum absolute atomic E-state index is 11.8. The minimum absolute atomic E-state index is 0.00236. The first-order valence-electron chi connectivity index (χ1n) is 22.4. The van der Waals surface area contributed by atoms with Crippen molar-refractivity contribution in [2.45, 2.75) is 188 Å². The monoisotopic (exact) mass is 857 g/mol. The summed E-state index contributed by atoms with van der Waals surface area (Å²) in [7, 11) is 0. The Balaban J connectivity index is -0.000000348.